The molecular weight excluding hydrogens is 399 g/mol. The highest BCUT2D eigenvalue weighted by Gasteiger charge is 2.38. The molecule has 1 N–H and O–H groups in total. The maximum atomic E-state index is 13.6. The van der Waals surface area contributed by atoms with Crippen molar-refractivity contribution in [1.29, 1.82) is 0 Å². The highest BCUT2D eigenvalue weighted by molar-refractivity contribution is 5.92. The third kappa shape index (κ3) is 3.66. The summed E-state index contributed by atoms with van der Waals surface area (Å²) in [5.41, 5.74) is 0.626. The Hall–Kier alpha value is -2.91. The number of amides is 1. The lowest BCUT2D eigenvalue weighted by atomic mass is 9.91. The van der Waals surface area contributed by atoms with Crippen LogP contribution in [0.1, 0.15) is 71.7 Å². The predicted octanol–water partition coefficient (Wildman–Crippen LogP) is 4.42. The van der Waals surface area contributed by atoms with Crippen LogP contribution in [0.2, 0.25) is 0 Å². The SMILES string of the molecule is Cc1cc(C(F)(F)F)c2c([C@H]3CCCN(C(=O)c4cc(C(C)C)[nH]n4)C3)noc2n1. The largest absolute Gasteiger partial charge is 0.417 e. The van der Waals surface area contributed by atoms with Gasteiger partial charge in [-0.25, -0.2) is 4.98 Å². The number of hydrogen-bond donors (Lipinski definition) is 1. The number of carbonyl (C=O) groups is 1. The smallest absolute Gasteiger partial charge is 0.337 e. The maximum Gasteiger partial charge on any atom is 0.417 e. The molecule has 0 saturated carbocycles. The fourth-order valence-corrected chi connectivity index (χ4v) is 3.89. The molecular formula is C20H22F3N5O2. The van der Waals surface area contributed by atoms with Crippen molar-refractivity contribution in [1.82, 2.24) is 25.2 Å². The van der Waals surface area contributed by atoms with Gasteiger partial charge in [0.25, 0.3) is 11.6 Å². The van der Waals surface area contributed by atoms with Gasteiger partial charge in [0, 0.05) is 30.4 Å². The topological polar surface area (TPSA) is 87.9 Å². The Kier molecular flexibility index (Phi) is 5.03. The van der Waals surface area contributed by atoms with E-state index in [-0.39, 0.29) is 46.8 Å². The molecule has 3 aromatic rings. The molecule has 0 aliphatic carbocycles. The Morgan fingerprint density at radius 1 is 1.33 bits per heavy atom. The zero-order valence-corrected chi connectivity index (χ0v) is 16.9. The Labute approximate surface area is 170 Å². The van der Waals surface area contributed by atoms with Crippen molar-refractivity contribution in [3.05, 3.63) is 40.5 Å². The number of likely N-dealkylation sites (tertiary alicyclic amines) is 1. The number of H-pyrrole nitrogens is 1. The lowest BCUT2D eigenvalue weighted by Gasteiger charge is -2.31. The van der Waals surface area contributed by atoms with Crippen molar-refractivity contribution in [2.45, 2.75) is 51.6 Å². The second kappa shape index (κ2) is 7.41. The molecule has 1 saturated heterocycles. The molecule has 0 unspecified atom stereocenters. The summed E-state index contributed by atoms with van der Waals surface area (Å²) in [6.45, 7) is 6.21. The second-order valence-corrected chi connectivity index (χ2v) is 8.01. The molecule has 1 amide bonds. The highest BCUT2D eigenvalue weighted by Crippen LogP contribution is 2.40. The number of nitrogens with zero attached hydrogens (tertiary/aromatic N) is 4. The molecule has 4 rings (SSSR count). The number of halogens is 3. The van der Waals surface area contributed by atoms with E-state index >= 15 is 0 Å². The van der Waals surface area contributed by atoms with E-state index in [4.69, 9.17) is 4.52 Å². The summed E-state index contributed by atoms with van der Waals surface area (Å²) < 4.78 is 46.1. The van der Waals surface area contributed by atoms with E-state index in [0.717, 1.165) is 11.8 Å². The molecule has 1 atom stereocenters. The van der Waals surface area contributed by atoms with Crippen molar-refractivity contribution in [2.24, 2.45) is 0 Å². The van der Waals surface area contributed by atoms with Gasteiger partial charge in [-0.05, 0) is 37.8 Å². The van der Waals surface area contributed by atoms with Gasteiger partial charge in [0.05, 0.1) is 16.6 Å². The second-order valence-electron chi connectivity index (χ2n) is 8.01. The van der Waals surface area contributed by atoms with Crippen molar-refractivity contribution in [3.63, 3.8) is 0 Å². The van der Waals surface area contributed by atoms with Crippen LogP contribution in [-0.4, -0.2) is 44.2 Å². The monoisotopic (exact) mass is 421 g/mol. The molecule has 10 heteroatoms. The molecule has 0 radical (unpaired) electrons. The van der Waals surface area contributed by atoms with E-state index < -0.39 is 11.7 Å². The van der Waals surface area contributed by atoms with Crippen LogP contribution in [0.5, 0.6) is 0 Å². The zero-order valence-electron chi connectivity index (χ0n) is 16.9. The van der Waals surface area contributed by atoms with Gasteiger partial charge in [0.2, 0.25) is 0 Å². The molecule has 30 heavy (non-hydrogen) atoms. The number of piperidine rings is 1. The van der Waals surface area contributed by atoms with Gasteiger partial charge in [-0.15, -0.1) is 0 Å². The van der Waals surface area contributed by atoms with Crippen molar-refractivity contribution in [2.75, 3.05) is 13.1 Å². The Morgan fingerprint density at radius 2 is 2.10 bits per heavy atom. The number of alkyl halides is 3. The van der Waals surface area contributed by atoms with Gasteiger partial charge in [0.15, 0.2) is 0 Å². The predicted molar refractivity (Wildman–Crippen MR) is 102 cm³/mol. The molecule has 1 aliphatic heterocycles. The first kappa shape index (κ1) is 20.4. The average molecular weight is 421 g/mol. The fourth-order valence-electron chi connectivity index (χ4n) is 3.89. The minimum atomic E-state index is -4.56. The van der Waals surface area contributed by atoms with Gasteiger partial charge in [0.1, 0.15) is 5.69 Å². The van der Waals surface area contributed by atoms with Crippen LogP contribution in [0, 0.1) is 6.92 Å². The summed E-state index contributed by atoms with van der Waals surface area (Å²) in [5.74, 6) is -0.426. The van der Waals surface area contributed by atoms with E-state index in [2.05, 4.69) is 20.3 Å². The first-order chi connectivity index (χ1) is 14.1. The summed E-state index contributed by atoms with van der Waals surface area (Å²) in [6.07, 6.45) is -3.31. The number of carbonyl (C=O) groups excluding carboxylic acids is 1. The van der Waals surface area contributed by atoms with Crippen LogP contribution < -0.4 is 0 Å². The average Bonchev–Trinajstić information content (AvgIpc) is 3.33. The summed E-state index contributed by atoms with van der Waals surface area (Å²) in [5, 5.41) is 10.8. The number of nitrogens with one attached hydrogen (secondary N) is 1. The van der Waals surface area contributed by atoms with Gasteiger partial charge in [-0.1, -0.05) is 19.0 Å². The maximum absolute atomic E-state index is 13.6. The van der Waals surface area contributed by atoms with E-state index in [9.17, 15) is 18.0 Å². The number of aromatic nitrogens is 4. The molecule has 1 fully saturated rings. The number of fused-ring (bicyclic) bond motifs is 1. The molecule has 0 bridgehead atoms. The van der Waals surface area contributed by atoms with Crippen molar-refractivity contribution in [3.8, 4) is 0 Å². The number of hydrogen-bond acceptors (Lipinski definition) is 5. The summed E-state index contributed by atoms with van der Waals surface area (Å²) >= 11 is 0. The standard InChI is InChI=1S/C20H22F3N5O2/c1-10(2)14-8-15(26-25-14)19(29)28-6-4-5-12(9-28)17-16-13(20(21,22)23)7-11(3)24-18(16)30-27-17/h7-8,10,12H,4-6,9H2,1-3H3,(H,25,26)/t12-/m0/s1. The summed E-state index contributed by atoms with van der Waals surface area (Å²) in [7, 11) is 0. The van der Waals surface area contributed by atoms with Gasteiger partial charge in [-0.2, -0.15) is 18.3 Å². The molecule has 7 nitrogen and oxygen atoms in total. The lowest BCUT2D eigenvalue weighted by molar-refractivity contribution is -0.136. The number of pyridine rings is 1. The quantitative estimate of drug-likeness (QED) is 0.677. The van der Waals surface area contributed by atoms with Gasteiger partial charge in [-0.3, -0.25) is 9.89 Å². The van der Waals surface area contributed by atoms with Crippen LogP contribution >= 0.6 is 0 Å². The minimum Gasteiger partial charge on any atom is -0.337 e. The molecule has 3 aromatic heterocycles. The normalized spacial score (nSPS) is 17.8. The van der Waals surface area contributed by atoms with E-state index in [1.165, 1.54) is 6.92 Å². The Balaban J connectivity index is 1.65. The van der Waals surface area contributed by atoms with Crippen LogP contribution in [0.15, 0.2) is 16.7 Å². The van der Waals surface area contributed by atoms with Gasteiger partial charge >= 0.3 is 6.18 Å². The molecule has 160 valence electrons. The summed E-state index contributed by atoms with van der Waals surface area (Å²) in [4.78, 5) is 18.6. The van der Waals surface area contributed by atoms with E-state index in [0.29, 0.717) is 25.1 Å². The van der Waals surface area contributed by atoms with Crippen molar-refractivity contribution >= 4 is 17.0 Å². The molecule has 4 heterocycles. The Bertz CT molecular complexity index is 1090. The number of rotatable bonds is 3. The van der Waals surface area contributed by atoms with Crippen LogP contribution in [-0.2, 0) is 6.18 Å². The Morgan fingerprint density at radius 3 is 2.77 bits per heavy atom. The number of aryl methyl sites for hydroxylation is 1. The zero-order chi connectivity index (χ0) is 21.6. The molecule has 0 spiro atoms. The first-order valence-corrected chi connectivity index (χ1v) is 9.84. The van der Waals surface area contributed by atoms with Gasteiger partial charge < -0.3 is 9.42 Å². The van der Waals surface area contributed by atoms with Crippen LogP contribution in [0.25, 0.3) is 11.1 Å². The number of aromatic amines is 1. The lowest BCUT2D eigenvalue weighted by Crippen LogP contribution is -2.39. The third-order valence-electron chi connectivity index (χ3n) is 5.44. The van der Waals surface area contributed by atoms with E-state index in [1.807, 2.05) is 13.8 Å². The fraction of sp³-hybridized carbons (Fsp3) is 0.500. The minimum absolute atomic E-state index is 0.116. The summed E-state index contributed by atoms with van der Waals surface area (Å²) in [6, 6.07) is 2.72. The third-order valence-corrected chi connectivity index (χ3v) is 5.44. The molecule has 1 aliphatic rings. The van der Waals surface area contributed by atoms with Crippen LogP contribution in [0.4, 0.5) is 13.2 Å². The first-order valence-electron chi connectivity index (χ1n) is 9.84. The van der Waals surface area contributed by atoms with Crippen LogP contribution in [0.3, 0.4) is 0 Å². The molecule has 0 aromatic carbocycles. The van der Waals surface area contributed by atoms with Crippen molar-refractivity contribution < 1.29 is 22.5 Å². The highest BCUT2D eigenvalue weighted by atomic mass is 19.4. The van der Waals surface area contributed by atoms with E-state index in [1.54, 1.807) is 11.0 Å².